The first-order valence-electron chi connectivity index (χ1n) is 18.9. The Kier molecular flexibility index (Phi) is 12.7. The second-order valence-corrected chi connectivity index (χ2v) is 14.0. The zero-order chi connectivity index (χ0) is 37.2. The summed E-state index contributed by atoms with van der Waals surface area (Å²) in [4.78, 5) is 30.1. The van der Waals surface area contributed by atoms with Gasteiger partial charge >= 0.3 is 5.97 Å². The molecule has 0 aliphatic carbocycles. The van der Waals surface area contributed by atoms with E-state index in [0.29, 0.717) is 43.0 Å². The lowest BCUT2D eigenvalue weighted by Crippen LogP contribution is -2.47. The zero-order valence-electron chi connectivity index (χ0n) is 31.2. The highest BCUT2D eigenvalue weighted by molar-refractivity contribution is 6.16. The van der Waals surface area contributed by atoms with Crippen molar-refractivity contribution in [1.29, 1.82) is 0 Å². The number of benzene rings is 4. The van der Waals surface area contributed by atoms with Crippen LogP contribution in [0.2, 0.25) is 0 Å². The van der Waals surface area contributed by atoms with Crippen LogP contribution in [0.1, 0.15) is 67.1 Å². The maximum atomic E-state index is 14.1. The molecule has 53 heavy (non-hydrogen) atoms. The van der Waals surface area contributed by atoms with E-state index in [-0.39, 0.29) is 18.3 Å². The number of hydrogen-bond donors (Lipinski definition) is 2. The van der Waals surface area contributed by atoms with Crippen LogP contribution in [0.3, 0.4) is 0 Å². The number of carboxylic acids is 1. The smallest absolute Gasteiger partial charge is 0.303 e. The number of nitrogens with zero attached hydrogens (tertiary/aromatic N) is 3. The molecule has 2 N–H and O–H groups in total. The van der Waals surface area contributed by atoms with Crippen molar-refractivity contribution in [2.24, 2.45) is 0 Å². The van der Waals surface area contributed by atoms with Gasteiger partial charge in [0.15, 0.2) is 5.78 Å². The Hall–Kier alpha value is -5.28. The molecule has 1 aliphatic rings. The number of carbonyl (C=O) groups is 2. The molecule has 1 aromatic heterocycles. The fourth-order valence-corrected chi connectivity index (χ4v) is 6.94. The fraction of sp³-hybridized carbons (Fsp3) is 0.364. The van der Waals surface area contributed by atoms with Crippen molar-refractivity contribution in [3.63, 3.8) is 0 Å². The third-order valence-electron chi connectivity index (χ3n) is 9.80. The third kappa shape index (κ3) is 9.78. The molecule has 4 aromatic carbocycles. The Morgan fingerprint density at radius 1 is 0.830 bits per heavy atom. The molecule has 0 unspecified atom stereocenters. The van der Waals surface area contributed by atoms with Crippen LogP contribution in [0.25, 0.3) is 10.9 Å². The number of hydrogen-bond acceptors (Lipinski definition) is 7. The standard InChI is InChI=1S/C44H52N4O5/c1-4-33-16-18-34(19-17-33)30-45-38-21-20-35(44(51)37-31-48(23-9-15-43(49)50)39-12-6-5-11-36(37)39)29-42(38)52-28-10-22-46-24-26-47(27-25-46)40-13-7-8-14-41(40)53-32(2)3/h5-8,11-14,16-21,29,31-32,45H,4,9-10,15,22-28,30H2,1-3H3,(H,49,50). The highest BCUT2D eigenvalue weighted by Crippen LogP contribution is 2.32. The number of fused-ring (bicyclic) bond motifs is 1. The van der Waals surface area contributed by atoms with Crippen molar-refractivity contribution >= 4 is 34.0 Å². The molecule has 5 aromatic rings. The number of carbonyl (C=O) groups excluding carboxylic acids is 1. The minimum absolute atomic E-state index is 0.0757. The summed E-state index contributed by atoms with van der Waals surface area (Å²) in [5.74, 6) is 0.670. The Morgan fingerprint density at radius 2 is 1.57 bits per heavy atom. The number of aliphatic carboxylic acids is 1. The van der Waals surface area contributed by atoms with Crippen molar-refractivity contribution < 1.29 is 24.2 Å². The molecule has 9 nitrogen and oxygen atoms in total. The summed E-state index contributed by atoms with van der Waals surface area (Å²) in [6, 6.07) is 30.4. The van der Waals surface area contributed by atoms with Gasteiger partial charge in [-0.3, -0.25) is 14.5 Å². The van der Waals surface area contributed by atoms with Crippen LogP contribution in [0.5, 0.6) is 11.5 Å². The van der Waals surface area contributed by atoms with E-state index in [1.165, 1.54) is 11.1 Å². The van der Waals surface area contributed by atoms with Crippen molar-refractivity contribution in [2.45, 2.75) is 65.6 Å². The molecule has 278 valence electrons. The molecule has 9 heteroatoms. The van der Waals surface area contributed by atoms with Gasteiger partial charge in [0.2, 0.25) is 0 Å². The molecular weight excluding hydrogens is 665 g/mol. The lowest BCUT2D eigenvalue weighted by atomic mass is 10.0. The van der Waals surface area contributed by atoms with Crippen molar-refractivity contribution in [3.8, 4) is 11.5 Å². The predicted molar refractivity (Wildman–Crippen MR) is 213 cm³/mol. The predicted octanol–water partition coefficient (Wildman–Crippen LogP) is 8.29. The third-order valence-corrected chi connectivity index (χ3v) is 9.80. The van der Waals surface area contributed by atoms with E-state index in [0.717, 1.165) is 73.6 Å². The number of ether oxygens (including phenoxy) is 2. The number of anilines is 2. The van der Waals surface area contributed by atoms with E-state index in [4.69, 9.17) is 14.6 Å². The first-order valence-corrected chi connectivity index (χ1v) is 18.9. The van der Waals surface area contributed by atoms with Gasteiger partial charge in [0.1, 0.15) is 11.5 Å². The lowest BCUT2D eigenvalue weighted by molar-refractivity contribution is -0.137. The maximum absolute atomic E-state index is 14.1. The summed E-state index contributed by atoms with van der Waals surface area (Å²) in [5.41, 5.74) is 6.52. The molecule has 0 radical (unpaired) electrons. The first kappa shape index (κ1) is 37.5. The second kappa shape index (κ2) is 18.0. The minimum Gasteiger partial charge on any atom is -0.491 e. The van der Waals surface area contributed by atoms with Crippen molar-refractivity contribution in [3.05, 3.63) is 119 Å². The average Bonchev–Trinajstić information content (AvgIpc) is 3.54. The lowest BCUT2D eigenvalue weighted by Gasteiger charge is -2.36. The summed E-state index contributed by atoms with van der Waals surface area (Å²) in [6.07, 6.45) is 4.40. The largest absolute Gasteiger partial charge is 0.491 e. The van der Waals surface area contributed by atoms with Gasteiger partial charge in [-0.2, -0.15) is 0 Å². The Balaban J connectivity index is 1.13. The van der Waals surface area contributed by atoms with Gasteiger partial charge in [0, 0.05) is 80.5 Å². The van der Waals surface area contributed by atoms with E-state index in [2.05, 4.69) is 78.4 Å². The number of nitrogens with one attached hydrogen (secondary N) is 1. The van der Waals surface area contributed by atoms with Gasteiger partial charge in [-0.1, -0.05) is 61.5 Å². The molecule has 0 atom stereocenters. The van der Waals surface area contributed by atoms with Crippen LogP contribution in [0.4, 0.5) is 11.4 Å². The van der Waals surface area contributed by atoms with Crippen molar-refractivity contribution in [2.75, 3.05) is 49.5 Å². The van der Waals surface area contributed by atoms with Gasteiger partial charge in [-0.05, 0) is 80.6 Å². The molecular formula is C44H52N4O5. The van der Waals surface area contributed by atoms with E-state index < -0.39 is 5.97 Å². The van der Waals surface area contributed by atoms with Crippen LogP contribution in [0.15, 0.2) is 97.2 Å². The summed E-state index contributed by atoms with van der Waals surface area (Å²) >= 11 is 0. The zero-order valence-corrected chi connectivity index (χ0v) is 31.2. The Labute approximate surface area is 313 Å². The van der Waals surface area contributed by atoms with Gasteiger partial charge in [-0.25, -0.2) is 0 Å². The number of carboxylic acid groups (broad SMARTS) is 1. The van der Waals surface area contributed by atoms with Crippen LogP contribution >= 0.6 is 0 Å². The number of aromatic nitrogens is 1. The number of rotatable bonds is 18. The number of ketones is 1. The van der Waals surface area contributed by atoms with Crippen molar-refractivity contribution in [1.82, 2.24) is 9.47 Å². The van der Waals surface area contributed by atoms with Gasteiger partial charge in [0.25, 0.3) is 0 Å². The van der Waals surface area contributed by atoms with Gasteiger partial charge in [0.05, 0.1) is 24.1 Å². The summed E-state index contributed by atoms with van der Waals surface area (Å²) in [7, 11) is 0. The monoisotopic (exact) mass is 716 g/mol. The number of para-hydroxylation sites is 3. The molecule has 2 heterocycles. The number of aryl methyl sites for hydroxylation is 2. The molecule has 0 saturated carbocycles. The minimum atomic E-state index is -0.825. The molecule has 1 saturated heterocycles. The normalized spacial score (nSPS) is 13.4. The molecule has 0 bridgehead atoms. The van der Waals surface area contributed by atoms with Gasteiger partial charge < -0.3 is 29.4 Å². The topological polar surface area (TPSA) is 96.3 Å². The highest BCUT2D eigenvalue weighted by Gasteiger charge is 2.21. The van der Waals surface area contributed by atoms with Crippen LogP contribution in [-0.4, -0.2) is 71.8 Å². The van der Waals surface area contributed by atoms with E-state index in [9.17, 15) is 9.59 Å². The maximum Gasteiger partial charge on any atom is 0.303 e. The fourth-order valence-electron chi connectivity index (χ4n) is 6.94. The molecule has 1 aliphatic heterocycles. The Bertz CT molecular complexity index is 1980. The Morgan fingerprint density at radius 3 is 2.32 bits per heavy atom. The van der Waals surface area contributed by atoms with Crippen LogP contribution in [0, 0.1) is 0 Å². The summed E-state index contributed by atoms with van der Waals surface area (Å²) < 4.78 is 14.5. The quantitative estimate of drug-likeness (QED) is 0.0691. The second-order valence-electron chi connectivity index (χ2n) is 14.0. The summed E-state index contributed by atoms with van der Waals surface area (Å²) in [6.45, 7) is 12.7. The SMILES string of the molecule is CCc1ccc(CNc2ccc(C(=O)c3cn(CCCC(=O)O)c4ccccc34)cc2OCCCN2CCN(c3ccccc3OC(C)C)CC2)cc1. The van der Waals surface area contributed by atoms with E-state index in [1.807, 2.05) is 59.3 Å². The summed E-state index contributed by atoms with van der Waals surface area (Å²) in [5, 5.41) is 13.6. The molecule has 0 spiro atoms. The van der Waals surface area contributed by atoms with E-state index >= 15 is 0 Å². The van der Waals surface area contributed by atoms with E-state index in [1.54, 1.807) is 0 Å². The molecule has 6 rings (SSSR count). The highest BCUT2D eigenvalue weighted by atomic mass is 16.5. The van der Waals surface area contributed by atoms with Crippen LogP contribution < -0.4 is 19.7 Å². The number of piperazine rings is 1. The first-order chi connectivity index (χ1) is 25.8. The van der Waals surface area contributed by atoms with Crippen LogP contribution in [-0.2, 0) is 24.3 Å². The van der Waals surface area contributed by atoms with Gasteiger partial charge in [-0.15, -0.1) is 0 Å². The molecule has 0 amide bonds. The average molecular weight is 717 g/mol. The molecule has 1 fully saturated rings.